The Kier molecular flexibility index (Phi) is 4.29. The molecule has 0 aliphatic carbocycles. The van der Waals surface area contributed by atoms with Gasteiger partial charge in [0.1, 0.15) is 23.2 Å². The highest BCUT2D eigenvalue weighted by Gasteiger charge is 2.24. The maximum absolute atomic E-state index is 13.0. The van der Waals surface area contributed by atoms with Crippen molar-refractivity contribution < 1.29 is 23.6 Å². The fraction of sp³-hybridized carbons (Fsp3) is 0.154. The first-order valence-electron chi connectivity index (χ1n) is 5.92. The number of aliphatic hydroxyl groups is 1. The predicted molar refractivity (Wildman–Crippen MR) is 69.1 cm³/mol. The number of aliphatic hydroxyl groups excluding tert-OH is 1. The van der Waals surface area contributed by atoms with Crippen LogP contribution in [0.5, 0.6) is 0 Å². The number of carbonyl (C=O) groups is 1. The summed E-state index contributed by atoms with van der Waals surface area (Å²) in [7, 11) is 0. The van der Waals surface area contributed by atoms with Crippen LogP contribution in [0, 0.1) is 15.9 Å². The second-order valence-corrected chi connectivity index (χ2v) is 4.14. The third kappa shape index (κ3) is 3.23. The summed E-state index contributed by atoms with van der Waals surface area (Å²) >= 11 is 0. The summed E-state index contributed by atoms with van der Waals surface area (Å²) in [5, 5.41) is 22.5. The SMILES string of the molecule is O=C(NC(CO)c1ccco1)c1ccc(F)cc1[N+](=O)[O-]. The fourth-order valence-electron chi connectivity index (χ4n) is 1.78. The molecule has 1 heterocycles. The third-order valence-electron chi connectivity index (χ3n) is 2.78. The Balaban J connectivity index is 2.26. The number of nitro groups is 1. The topological polar surface area (TPSA) is 106 Å². The Morgan fingerprint density at radius 1 is 1.48 bits per heavy atom. The van der Waals surface area contributed by atoms with Crippen molar-refractivity contribution in [1.82, 2.24) is 5.32 Å². The van der Waals surface area contributed by atoms with E-state index in [0.717, 1.165) is 12.1 Å². The lowest BCUT2D eigenvalue weighted by molar-refractivity contribution is -0.385. The molecule has 0 saturated heterocycles. The van der Waals surface area contributed by atoms with Crippen molar-refractivity contribution in [3.8, 4) is 0 Å². The zero-order valence-corrected chi connectivity index (χ0v) is 10.7. The Morgan fingerprint density at radius 2 is 2.24 bits per heavy atom. The molecule has 0 aliphatic rings. The number of hydrogen-bond acceptors (Lipinski definition) is 5. The van der Waals surface area contributed by atoms with Gasteiger partial charge in [0.25, 0.3) is 11.6 Å². The largest absolute Gasteiger partial charge is 0.467 e. The molecule has 1 aromatic carbocycles. The number of nitrogens with zero attached hydrogens (tertiary/aromatic N) is 1. The minimum atomic E-state index is -0.850. The highest BCUT2D eigenvalue weighted by Crippen LogP contribution is 2.21. The van der Waals surface area contributed by atoms with Gasteiger partial charge in [-0.05, 0) is 24.3 Å². The second-order valence-electron chi connectivity index (χ2n) is 4.14. The minimum absolute atomic E-state index is 0.300. The molecular weight excluding hydrogens is 283 g/mol. The predicted octanol–water partition coefficient (Wildman–Crippen LogP) is 1.79. The first-order valence-corrected chi connectivity index (χ1v) is 5.92. The molecule has 21 heavy (non-hydrogen) atoms. The van der Waals surface area contributed by atoms with Crippen LogP contribution in [0.15, 0.2) is 41.0 Å². The molecule has 2 N–H and O–H groups in total. The van der Waals surface area contributed by atoms with E-state index in [9.17, 15) is 24.4 Å². The van der Waals surface area contributed by atoms with Gasteiger partial charge in [0.05, 0.1) is 23.9 Å². The molecule has 110 valence electrons. The summed E-state index contributed by atoms with van der Waals surface area (Å²) < 4.78 is 18.1. The first-order chi connectivity index (χ1) is 10.0. The van der Waals surface area contributed by atoms with E-state index in [4.69, 9.17) is 4.42 Å². The van der Waals surface area contributed by atoms with Crippen molar-refractivity contribution in [2.24, 2.45) is 0 Å². The molecular formula is C13H11FN2O5. The van der Waals surface area contributed by atoms with Crippen LogP contribution in [0.3, 0.4) is 0 Å². The van der Waals surface area contributed by atoms with Crippen molar-refractivity contribution in [3.63, 3.8) is 0 Å². The lowest BCUT2D eigenvalue weighted by Crippen LogP contribution is -2.31. The number of nitro benzene ring substituents is 1. The molecule has 0 radical (unpaired) electrons. The van der Waals surface area contributed by atoms with Gasteiger partial charge >= 0.3 is 0 Å². The van der Waals surface area contributed by atoms with Crippen LogP contribution in [0.2, 0.25) is 0 Å². The van der Waals surface area contributed by atoms with E-state index >= 15 is 0 Å². The molecule has 2 aromatic rings. The number of rotatable bonds is 5. The van der Waals surface area contributed by atoms with Crippen molar-refractivity contribution in [2.45, 2.75) is 6.04 Å². The van der Waals surface area contributed by atoms with Gasteiger partial charge in [-0.25, -0.2) is 4.39 Å². The molecule has 0 spiro atoms. The maximum atomic E-state index is 13.0. The zero-order valence-electron chi connectivity index (χ0n) is 10.7. The van der Waals surface area contributed by atoms with E-state index < -0.39 is 35.0 Å². The molecule has 8 heteroatoms. The van der Waals surface area contributed by atoms with Gasteiger partial charge in [0.2, 0.25) is 0 Å². The normalized spacial score (nSPS) is 11.9. The van der Waals surface area contributed by atoms with Crippen molar-refractivity contribution in [2.75, 3.05) is 6.61 Å². The standard InChI is InChI=1S/C13H11FN2O5/c14-8-3-4-9(11(6-8)16(19)20)13(18)15-10(7-17)12-2-1-5-21-12/h1-6,10,17H,7H2,(H,15,18). The average Bonchev–Trinajstić information content (AvgIpc) is 2.98. The van der Waals surface area contributed by atoms with E-state index in [0.29, 0.717) is 11.8 Å². The Morgan fingerprint density at radius 3 is 2.81 bits per heavy atom. The molecule has 0 saturated carbocycles. The Bertz CT molecular complexity index is 657. The maximum Gasteiger partial charge on any atom is 0.285 e. The number of amides is 1. The Hall–Kier alpha value is -2.74. The molecule has 1 unspecified atom stereocenters. The first kappa shape index (κ1) is 14.7. The van der Waals surface area contributed by atoms with Gasteiger partial charge < -0.3 is 14.8 Å². The van der Waals surface area contributed by atoms with Gasteiger partial charge in [0.15, 0.2) is 0 Å². The van der Waals surface area contributed by atoms with Crippen molar-refractivity contribution in [3.05, 3.63) is 63.9 Å². The fourth-order valence-corrected chi connectivity index (χ4v) is 1.78. The number of nitrogens with one attached hydrogen (secondary N) is 1. The van der Waals surface area contributed by atoms with Crippen molar-refractivity contribution >= 4 is 11.6 Å². The summed E-state index contributed by atoms with van der Waals surface area (Å²) in [6.45, 7) is -0.450. The van der Waals surface area contributed by atoms with Crippen LogP contribution in [-0.2, 0) is 0 Å². The number of furan rings is 1. The van der Waals surface area contributed by atoms with E-state index in [1.807, 2.05) is 0 Å². The highest BCUT2D eigenvalue weighted by molar-refractivity contribution is 5.98. The Labute approximate surface area is 118 Å². The summed E-state index contributed by atoms with van der Waals surface area (Å²) in [5.74, 6) is -1.32. The number of hydrogen-bond donors (Lipinski definition) is 2. The highest BCUT2D eigenvalue weighted by atomic mass is 19.1. The van der Waals surface area contributed by atoms with Gasteiger partial charge in [-0.1, -0.05) is 0 Å². The molecule has 0 aliphatic heterocycles. The van der Waals surface area contributed by atoms with Gasteiger partial charge in [-0.3, -0.25) is 14.9 Å². The molecule has 2 rings (SSSR count). The number of halogens is 1. The van der Waals surface area contributed by atoms with Crippen LogP contribution in [0.1, 0.15) is 22.2 Å². The van der Waals surface area contributed by atoms with Gasteiger partial charge in [0, 0.05) is 0 Å². The molecule has 1 atom stereocenters. The summed E-state index contributed by atoms with van der Waals surface area (Å²) in [6, 6.07) is 4.89. The molecule has 1 amide bonds. The lowest BCUT2D eigenvalue weighted by Gasteiger charge is -2.13. The molecule has 7 nitrogen and oxygen atoms in total. The second kappa shape index (κ2) is 6.14. The molecule has 0 fully saturated rings. The molecule has 0 bridgehead atoms. The quantitative estimate of drug-likeness (QED) is 0.646. The van der Waals surface area contributed by atoms with E-state index in [-0.39, 0.29) is 5.56 Å². The van der Waals surface area contributed by atoms with Crippen LogP contribution in [0.4, 0.5) is 10.1 Å². The minimum Gasteiger partial charge on any atom is -0.467 e. The zero-order chi connectivity index (χ0) is 15.4. The van der Waals surface area contributed by atoms with Crippen LogP contribution in [-0.4, -0.2) is 22.5 Å². The molecule has 1 aromatic heterocycles. The number of benzene rings is 1. The number of carbonyl (C=O) groups excluding carboxylic acids is 1. The summed E-state index contributed by atoms with van der Waals surface area (Å²) in [4.78, 5) is 22.1. The van der Waals surface area contributed by atoms with E-state index in [1.165, 1.54) is 6.26 Å². The van der Waals surface area contributed by atoms with Crippen LogP contribution >= 0.6 is 0 Å². The van der Waals surface area contributed by atoms with Crippen molar-refractivity contribution in [1.29, 1.82) is 0 Å². The summed E-state index contributed by atoms with van der Waals surface area (Å²) in [6.07, 6.45) is 1.37. The van der Waals surface area contributed by atoms with E-state index in [2.05, 4.69) is 5.32 Å². The average molecular weight is 294 g/mol. The third-order valence-corrected chi connectivity index (χ3v) is 2.78. The van der Waals surface area contributed by atoms with Crippen LogP contribution in [0.25, 0.3) is 0 Å². The lowest BCUT2D eigenvalue weighted by atomic mass is 10.1. The summed E-state index contributed by atoms with van der Waals surface area (Å²) in [5.41, 5.74) is -0.949. The van der Waals surface area contributed by atoms with E-state index in [1.54, 1.807) is 12.1 Å². The van der Waals surface area contributed by atoms with Crippen LogP contribution < -0.4 is 5.32 Å². The monoisotopic (exact) mass is 294 g/mol. The van der Waals surface area contributed by atoms with Gasteiger partial charge in [-0.2, -0.15) is 0 Å². The van der Waals surface area contributed by atoms with Gasteiger partial charge in [-0.15, -0.1) is 0 Å². The smallest absolute Gasteiger partial charge is 0.285 e.